The fourth-order valence-electron chi connectivity index (χ4n) is 1.41. The van der Waals surface area contributed by atoms with Crippen LogP contribution in [0.1, 0.15) is 10.4 Å². The number of fused-ring (bicyclic) bond motifs is 1. The van der Waals surface area contributed by atoms with Gasteiger partial charge in [0.25, 0.3) is 15.9 Å². The maximum atomic E-state index is 11.8. The van der Waals surface area contributed by atoms with Crippen molar-refractivity contribution >= 4 is 31.9 Å². The van der Waals surface area contributed by atoms with Gasteiger partial charge in [-0.2, -0.15) is 8.42 Å². The highest BCUT2D eigenvalue weighted by Gasteiger charge is 2.41. The highest BCUT2D eigenvalue weighted by molar-refractivity contribution is 9.09. The molecule has 0 unspecified atom stereocenters. The third kappa shape index (κ3) is 1.46. The summed E-state index contributed by atoms with van der Waals surface area (Å²) in [4.78, 5) is 15.4. The van der Waals surface area contributed by atoms with E-state index in [0.717, 1.165) is 4.31 Å². The van der Waals surface area contributed by atoms with E-state index in [4.69, 9.17) is 0 Å². The minimum Gasteiger partial charge on any atom is -0.268 e. The van der Waals surface area contributed by atoms with E-state index in [1.54, 1.807) is 6.07 Å². The minimum absolute atomic E-state index is 0.123. The van der Waals surface area contributed by atoms with Crippen molar-refractivity contribution in [2.45, 2.75) is 5.03 Å². The molecule has 0 N–H and O–H groups in total. The summed E-state index contributed by atoms with van der Waals surface area (Å²) >= 11 is 3.10. The van der Waals surface area contributed by atoms with Crippen molar-refractivity contribution < 1.29 is 13.2 Å². The summed E-state index contributed by atoms with van der Waals surface area (Å²) in [6.45, 7) is 0.123. The first-order chi connectivity index (χ1) is 7.09. The molecule has 0 saturated heterocycles. The van der Waals surface area contributed by atoms with Gasteiger partial charge in [-0.15, -0.1) is 0 Å². The van der Waals surface area contributed by atoms with E-state index in [9.17, 15) is 13.2 Å². The van der Waals surface area contributed by atoms with Crippen molar-refractivity contribution in [3.8, 4) is 0 Å². The lowest BCUT2D eigenvalue weighted by Gasteiger charge is -2.11. The Balaban J connectivity index is 2.60. The summed E-state index contributed by atoms with van der Waals surface area (Å²) < 4.78 is 24.4. The van der Waals surface area contributed by atoms with E-state index in [0.29, 0.717) is 5.33 Å². The predicted molar refractivity (Wildman–Crippen MR) is 56.3 cm³/mol. The monoisotopic (exact) mass is 290 g/mol. The average molecular weight is 291 g/mol. The average Bonchev–Trinajstić information content (AvgIpc) is 2.41. The second-order valence-electron chi connectivity index (χ2n) is 2.93. The number of amides is 1. The number of aromatic nitrogens is 1. The molecule has 0 aliphatic carbocycles. The molecule has 2 heterocycles. The molecule has 0 bridgehead atoms. The van der Waals surface area contributed by atoms with Gasteiger partial charge >= 0.3 is 0 Å². The van der Waals surface area contributed by atoms with Crippen LogP contribution >= 0.6 is 15.9 Å². The lowest BCUT2D eigenvalue weighted by Crippen LogP contribution is -2.31. The first kappa shape index (κ1) is 10.6. The van der Waals surface area contributed by atoms with Crippen molar-refractivity contribution in [2.75, 3.05) is 11.9 Å². The van der Waals surface area contributed by atoms with Gasteiger partial charge in [-0.05, 0) is 12.1 Å². The fraction of sp³-hybridized carbons (Fsp3) is 0.250. The molecule has 0 radical (unpaired) electrons. The summed E-state index contributed by atoms with van der Waals surface area (Å²) in [5, 5.41) is 0.266. The second-order valence-corrected chi connectivity index (χ2v) is 5.50. The molecule has 2 rings (SSSR count). The zero-order chi connectivity index (χ0) is 11.1. The predicted octanol–water partition coefficient (Wildman–Crippen LogP) is 0.621. The van der Waals surface area contributed by atoms with Crippen LogP contribution in [0.4, 0.5) is 0 Å². The van der Waals surface area contributed by atoms with E-state index in [-0.39, 0.29) is 17.1 Å². The Morgan fingerprint density at radius 3 is 2.80 bits per heavy atom. The van der Waals surface area contributed by atoms with Crippen molar-refractivity contribution in [2.24, 2.45) is 0 Å². The first-order valence-corrected chi connectivity index (χ1v) is 6.73. The zero-order valence-electron chi connectivity index (χ0n) is 7.55. The second kappa shape index (κ2) is 3.57. The molecule has 1 aliphatic heterocycles. The Morgan fingerprint density at radius 2 is 2.20 bits per heavy atom. The number of rotatable bonds is 2. The van der Waals surface area contributed by atoms with Crippen LogP contribution in [0.25, 0.3) is 0 Å². The van der Waals surface area contributed by atoms with Crippen molar-refractivity contribution in [1.29, 1.82) is 0 Å². The van der Waals surface area contributed by atoms with E-state index in [1.807, 2.05) is 0 Å². The van der Waals surface area contributed by atoms with Crippen LogP contribution in [0.2, 0.25) is 0 Å². The first-order valence-electron chi connectivity index (χ1n) is 4.17. The molecule has 1 aromatic heterocycles. The van der Waals surface area contributed by atoms with Crippen LogP contribution < -0.4 is 0 Å². The summed E-state index contributed by atoms with van der Waals surface area (Å²) in [5.41, 5.74) is 0.151. The Kier molecular flexibility index (Phi) is 2.51. The van der Waals surface area contributed by atoms with Crippen LogP contribution in [-0.4, -0.2) is 35.5 Å². The number of alkyl halides is 1. The van der Waals surface area contributed by atoms with Gasteiger partial charge in [0.05, 0.1) is 5.56 Å². The number of hydrogen-bond acceptors (Lipinski definition) is 4. The number of sulfonamides is 1. The van der Waals surface area contributed by atoms with Crippen molar-refractivity contribution in [3.63, 3.8) is 0 Å². The normalized spacial score (nSPS) is 17.9. The lowest BCUT2D eigenvalue weighted by molar-refractivity contribution is 0.0876. The number of hydrogen-bond donors (Lipinski definition) is 0. The molecule has 1 amide bonds. The maximum Gasteiger partial charge on any atom is 0.285 e. The molecule has 1 aromatic rings. The van der Waals surface area contributed by atoms with Gasteiger partial charge in [0.2, 0.25) is 0 Å². The molecule has 7 heteroatoms. The zero-order valence-corrected chi connectivity index (χ0v) is 9.95. The highest BCUT2D eigenvalue weighted by atomic mass is 79.9. The van der Waals surface area contributed by atoms with Crippen molar-refractivity contribution in [3.05, 3.63) is 23.9 Å². The smallest absolute Gasteiger partial charge is 0.268 e. The molecule has 5 nitrogen and oxygen atoms in total. The molecule has 0 saturated carbocycles. The van der Waals surface area contributed by atoms with Gasteiger partial charge in [0.15, 0.2) is 5.03 Å². The van der Waals surface area contributed by atoms with Gasteiger partial charge in [-0.1, -0.05) is 15.9 Å². The van der Waals surface area contributed by atoms with Gasteiger partial charge in [0.1, 0.15) is 0 Å². The van der Waals surface area contributed by atoms with E-state index in [1.165, 1.54) is 12.3 Å². The number of nitrogens with zero attached hydrogens (tertiary/aromatic N) is 2. The topological polar surface area (TPSA) is 67.3 Å². The minimum atomic E-state index is -3.72. The van der Waals surface area contributed by atoms with Crippen LogP contribution in [0.3, 0.4) is 0 Å². The fourth-order valence-corrected chi connectivity index (χ4v) is 3.48. The molecular weight excluding hydrogens is 284 g/mol. The molecule has 0 atom stereocenters. The summed E-state index contributed by atoms with van der Waals surface area (Å²) in [6.07, 6.45) is 1.36. The Hall–Kier alpha value is -0.950. The van der Waals surface area contributed by atoms with Gasteiger partial charge in [-0.25, -0.2) is 9.29 Å². The Labute approximate surface area is 95.3 Å². The Morgan fingerprint density at radius 1 is 1.47 bits per heavy atom. The largest absolute Gasteiger partial charge is 0.285 e. The van der Waals surface area contributed by atoms with Crippen LogP contribution in [0.15, 0.2) is 23.4 Å². The number of halogens is 1. The van der Waals surface area contributed by atoms with Crippen LogP contribution in [0, 0.1) is 0 Å². The van der Waals surface area contributed by atoms with Gasteiger partial charge in [-0.3, -0.25) is 4.79 Å². The third-order valence-corrected chi connectivity index (χ3v) is 4.15. The Bertz CT molecular complexity index is 514. The number of pyridine rings is 1. The van der Waals surface area contributed by atoms with E-state index < -0.39 is 15.9 Å². The molecule has 80 valence electrons. The van der Waals surface area contributed by atoms with Gasteiger partial charge < -0.3 is 0 Å². The van der Waals surface area contributed by atoms with Crippen LogP contribution in [-0.2, 0) is 10.0 Å². The molecular formula is C8H7BrN2O3S. The SMILES string of the molecule is O=C1c2cccnc2S(=O)(=O)N1CCBr. The summed E-state index contributed by atoms with van der Waals surface area (Å²) in [6, 6.07) is 3.01. The molecule has 15 heavy (non-hydrogen) atoms. The number of carbonyl (C=O) groups is 1. The highest BCUT2D eigenvalue weighted by Crippen LogP contribution is 2.27. The molecule has 0 spiro atoms. The quantitative estimate of drug-likeness (QED) is 0.749. The van der Waals surface area contributed by atoms with Crippen LogP contribution in [0.5, 0.6) is 0 Å². The molecule has 0 aromatic carbocycles. The standard InChI is InChI=1S/C8H7BrN2O3S/c9-3-5-11-8(12)6-2-1-4-10-7(6)15(11,13)14/h1-2,4H,3,5H2. The summed E-state index contributed by atoms with van der Waals surface area (Å²) in [5.74, 6) is -0.502. The third-order valence-electron chi connectivity index (χ3n) is 2.05. The lowest BCUT2D eigenvalue weighted by atomic mass is 10.3. The van der Waals surface area contributed by atoms with Gasteiger partial charge in [0, 0.05) is 18.1 Å². The maximum absolute atomic E-state index is 11.8. The summed E-state index contributed by atoms with van der Waals surface area (Å²) in [7, 11) is -3.72. The molecule has 1 aliphatic rings. The van der Waals surface area contributed by atoms with E-state index in [2.05, 4.69) is 20.9 Å². The number of carbonyl (C=O) groups excluding carboxylic acids is 1. The van der Waals surface area contributed by atoms with Crippen molar-refractivity contribution in [1.82, 2.24) is 9.29 Å². The molecule has 0 fully saturated rings. The van der Waals surface area contributed by atoms with E-state index >= 15 is 0 Å².